The fourth-order valence-electron chi connectivity index (χ4n) is 4.35. The Morgan fingerprint density at radius 1 is 1.07 bits per heavy atom. The quantitative estimate of drug-likeness (QED) is 0.346. The summed E-state index contributed by atoms with van der Waals surface area (Å²) in [7, 11) is 1.87. The Labute approximate surface area is 181 Å². The zero-order valence-corrected chi connectivity index (χ0v) is 19.2. The van der Waals surface area contributed by atoms with Crippen LogP contribution in [0.3, 0.4) is 0 Å². The molecule has 0 bridgehead atoms. The molecule has 0 saturated carbocycles. The van der Waals surface area contributed by atoms with E-state index in [4.69, 9.17) is 0 Å². The first-order valence-corrected chi connectivity index (χ1v) is 12.3. The Kier molecular flexibility index (Phi) is 9.73. The number of thiophene rings is 1. The summed E-state index contributed by atoms with van der Waals surface area (Å²) < 4.78 is 0. The van der Waals surface area contributed by atoms with Crippen LogP contribution < -0.4 is 10.6 Å². The molecular formula is C22H40N6S. The number of unbranched alkanes of at least 4 members (excludes halogenated alkanes) is 1. The monoisotopic (exact) mass is 420 g/mol. The lowest BCUT2D eigenvalue weighted by molar-refractivity contribution is 0.136. The zero-order chi connectivity index (χ0) is 20.3. The molecule has 0 spiro atoms. The topological polar surface area (TPSA) is 46.1 Å². The van der Waals surface area contributed by atoms with Crippen LogP contribution >= 0.6 is 11.3 Å². The minimum absolute atomic E-state index is 0.456. The maximum absolute atomic E-state index is 4.44. The van der Waals surface area contributed by atoms with E-state index in [-0.39, 0.29) is 0 Å². The van der Waals surface area contributed by atoms with E-state index in [1.165, 1.54) is 82.9 Å². The van der Waals surface area contributed by atoms with Crippen LogP contribution in [-0.4, -0.2) is 93.2 Å². The van der Waals surface area contributed by atoms with Crippen LogP contribution in [0.25, 0.3) is 0 Å². The normalized spacial score (nSPS) is 20.8. The Morgan fingerprint density at radius 2 is 1.83 bits per heavy atom. The van der Waals surface area contributed by atoms with Crippen molar-refractivity contribution < 1.29 is 0 Å². The van der Waals surface area contributed by atoms with E-state index in [1.54, 1.807) is 0 Å². The van der Waals surface area contributed by atoms with Gasteiger partial charge in [0.2, 0.25) is 0 Å². The zero-order valence-electron chi connectivity index (χ0n) is 18.4. The predicted octanol–water partition coefficient (Wildman–Crippen LogP) is 2.47. The highest BCUT2D eigenvalue weighted by Crippen LogP contribution is 2.27. The molecule has 2 fully saturated rings. The van der Waals surface area contributed by atoms with Crippen molar-refractivity contribution in [2.75, 3.05) is 72.5 Å². The van der Waals surface area contributed by atoms with Gasteiger partial charge in [-0.15, -0.1) is 11.3 Å². The summed E-state index contributed by atoms with van der Waals surface area (Å²) in [6, 6.07) is 4.89. The molecule has 0 aliphatic carbocycles. The number of nitrogens with zero attached hydrogens (tertiary/aromatic N) is 4. The van der Waals surface area contributed by atoms with Gasteiger partial charge in [0.1, 0.15) is 0 Å². The molecule has 2 aliphatic rings. The van der Waals surface area contributed by atoms with Gasteiger partial charge in [-0.1, -0.05) is 13.0 Å². The largest absolute Gasteiger partial charge is 0.356 e. The summed E-state index contributed by atoms with van der Waals surface area (Å²) in [6.07, 6.45) is 5.08. The van der Waals surface area contributed by atoms with Crippen LogP contribution in [0.2, 0.25) is 0 Å². The Bertz CT molecular complexity index is 576. The van der Waals surface area contributed by atoms with Gasteiger partial charge < -0.3 is 20.4 Å². The molecule has 3 rings (SSSR count). The molecule has 0 radical (unpaired) electrons. The number of guanidine groups is 1. The van der Waals surface area contributed by atoms with Crippen LogP contribution in [-0.2, 0) is 0 Å². The van der Waals surface area contributed by atoms with E-state index >= 15 is 0 Å². The van der Waals surface area contributed by atoms with Gasteiger partial charge in [0.15, 0.2) is 5.96 Å². The molecule has 29 heavy (non-hydrogen) atoms. The van der Waals surface area contributed by atoms with Gasteiger partial charge in [-0.05, 0) is 63.3 Å². The molecule has 0 amide bonds. The summed E-state index contributed by atoms with van der Waals surface area (Å²) in [5.74, 6) is 0.933. The molecule has 6 nitrogen and oxygen atoms in total. The SMILES string of the molecule is CCN1CCN(CCCCNC(=NC)NCC(c2cccs2)N2CCCC2)CC1. The van der Waals surface area contributed by atoms with E-state index in [2.05, 4.69) is 54.8 Å². The summed E-state index contributed by atoms with van der Waals surface area (Å²) in [4.78, 5) is 13.7. The van der Waals surface area contributed by atoms with Gasteiger partial charge in [-0.2, -0.15) is 0 Å². The van der Waals surface area contributed by atoms with Gasteiger partial charge in [0, 0.05) is 51.2 Å². The summed E-state index contributed by atoms with van der Waals surface area (Å²) in [5, 5.41) is 9.27. The standard InChI is InChI=1S/C22H40N6S/c1-3-26-14-16-27(17-15-26)11-5-4-10-24-22(23-2)25-19-20(21-9-8-18-29-21)28-12-6-7-13-28/h8-9,18,20H,3-7,10-17,19H2,1-2H3,(H2,23,24,25). The van der Waals surface area contributed by atoms with Crippen LogP contribution in [0.15, 0.2) is 22.5 Å². The molecular weight excluding hydrogens is 380 g/mol. The van der Waals surface area contributed by atoms with E-state index in [0.717, 1.165) is 19.0 Å². The number of likely N-dealkylation sites (N-methyl/N-ethyl adjacent to an activating group) is 1. The maximum Gasteiger partial charge on any atom is 0.191 e. The summed E-state index contributed by atoms with van der Waals surface area (Å²) in [5.41, 5.74) is 0. The average molecular weight is 421 g/mol. The van der Waals surface area contributed by atoms with Crippen LogP contribution in [0, 0.1) is 0 Å². The molecule has 3 heterocycles. The minimum Gasteiger partial charge on any atom is -0.356 e. The fraction of sp³-hybridized carbons (Fsp3) is 0.773. The number of rotatable bonds is 10. The number of likely N-dealkylation sites (tertiary alicyclic amines) is 1. The van der Waals surface area contributed by atoms with Crippen LogP contribution in [0.5, 0.6) is 0 Å². The first-order chi connectivity index (χ1) is 14.3. The van der Waals surface area contributed by atoms with Gasteiger partial charge >= 0.3 is 0 Å². The first kappa shape index (κ1) is 22.5. The van der Waals surface area contributed by atoms with Crippen molar-refractivity contribution in [1.29, 1.82) is 0 Å². The Balaban J connectivity index is 1.32. The molecule has 1 aromatic rings. The van der Waals surface area contributed by atoms with Crippen LogP contribution in [0.1, 0.15) is 43.5 Å². The van der Waals surface area contributed by atoms with E-state index in [9.17, 15) is 0 Å². The minimum atomic E-state index is 0.456. The lowest BCUT2D eigenvalue weighted by atomic mass is 10.2. The van der Waals surface area contributed by atoms with Gasteiger partial charge in [0.25, 0.3) is 0 Å². The van der Waals surface area contributed by atoms with Crippen molar-refractivity contribution in [3.05, 3.63) is 22.4 Å². The molecule has 0 aromatic carbocycles. The van der Waals surface area contributed by atoms with Crippen molar-refractivity contribution in [3.8, 4) is 0 Å². The Morgan fingerprint density at radius 3 is 2.48 bits per heavy atom. The second-order valence-corrected chi connectivity index (χ2v) is 9.12. The van der Waals surface area contributed by atoms with E-state index < -0.39 is 0 Å². The van der Waals surface area contributed by atoms with Crippen molar-refractivity contribution in [3.63, 3.8) is 0 Å². The van der Waals surface area contributed by atoms with E-state index in [1.807, 2.05) is 18.4 Å². The van der Waals surface area contributed by atoms with Crippen molar-refractivity contribution in [1.82, 2.24) is 25.3 Å². The lowest BCUT2D eigenvalue weighted by Gasteiger charge is -2.34. The molecule has 2 aliphatic heterocycles. The summed E-state index contributed by atoms with van der Waals surface area (Å²) >= 11 is 1.87. The maximum atomic E-state index is 4.44. The third-order valence-electron chi connectivity index (χ3n) is 6.25. The highest BCUT2D eigenvalue weighted by molar-refractivity contribution is 7.10. The Hall–Kier alpha value is -1.15. The number of nitrogens with one attached hydrogen (secondary N) is 2. The molecule has 164 valence electrons. The third-order valence-corrected chi connectivity index (χ3v) is 7.22. The molecule has 1 aromatic heterocycles. The molecule has 2 saturated heterocycles. The highest BCUT2D eigenvalue weighted by atomic mass is 32.1. The third kappa shape index (κ3) is 7.24. The van der Waals surface area contributed by atoms with Crippen molar-refractivity contribution in [2.24, 2.45) is 4.99 Å². The number of hydrogen-bond acceptors (Lipinski definition) is 5. The molecule has 1 unspecified atom stereocenters. The fourth-order valence-corrected chi connectivity index (χ4v) is 5.21. The number of hydrogen-bond donors (Lipinski definition) is 2. The average Bonchev–Trinajstić information content (AvgIpc) is 3.47. The second-order valence-electron chi connectivity index (χ2n) is 8.14. The van der Waals surface area contributed by atoms with Crippen LogP contribution in [0.4, 0.5) is 0 Å². The number of aliphatic imine (C=N–C) groups is 1. The second kappa shape index (κ2) is 12.5. The van der Waals surface area contributed by atoms with Gasteiger partial charge in [0.05, 0.1) is 6.04 Å². The predicted molar refractivity (Wildman–Crippen MR) is 125 cm³/mol. The molecule has 2 N–H and O–H groups in total. The number of piperazine rings is 1. The van der Waals surface area contributed by atoms with Crippen molar-refractivity contribution in [2.45, 2.75) is 38.6 Å². The summed E-state index contributed by atoms with van der Waals surface area (Å²) in [6.45, 7) is 13.9. The molecule has 1 atom stereocenters. The van der Waals surface area contributed by atoms with Crippen molar-refractivity contribution >= 4 is 17.3 Å². The smallest absolute Gasteiger partial charge is 0.191 e. The highest BCUT2D eigenvalue weighted by Gasteiger charge is 2.24. The van der Waals surface area contributed by atoms with E-state index in [0.29, 0.717) is 6.04 Å². The lowest BCUT2D eigenvalue weighted by Crippen LogP contribution is -2.46. The van der Waals surface area contributed by atoms with Gasteiger partial charge in [-0.25, -0.2) is 0 Å². The molecule has 7 heteroatoms. The van der Waals surface area contributed by atoms with Gasteiger partial charge in [-0.3, -0.25) is 9.89 Å². The first-order valence-electron chi connectivity index (χ1n) is 11.5.